The van der Waals surface area contributed by atoms with Crippen LogP contribution in [0.3, 0.4) is 0 Å². The molecule has 1 nitrogen and oxygen atoms in total. The second-order valence-electron chi connectivity index (χ2n) is 5.20. The SMILES string of the molecule is CC1(C)CCC(Cl)CC1c1cccnc1. The Morgan fingerprint density at radius 1 is 1.47 bits per heavy atom. The van der Waals surface area contributed by atoms with Crippen molar-refractivity contribution in [2.24, 2.45) is 5.41 Å². The van der Waals surface area contributed by atoms with Crippen LogP contribution >= 0.6 is 11.6 Å². The average molecular weight is 224 g/mol. The summed E-state index contributed by atoms with van der Waals surface area (Å²) in [6, 6.07) is 4.19. The Bertz CT molecular complexity index is 321. The zero-order valence-corrected chi connectivity index (χ0v) is 10.2. The molecule has 0 aliphatic heterocycles. The van der Waals surface area contributed by atoms with Gasteiger partial charge in [0.2, 0.25) is 0 Å². The monoisotopic (exact) mass is 223 g/mol. The maximum absolute atomic E-state index is 6.27. The Morgan fingerprint density at radius 3 is 2.93 bits per heavy atom. The standard InChI is InChI=1S/C13H18ClN/c1-13(2)6-5-11(14)8-12(13)10-4-3-7-15-9-10/h3-4,7,9,11-12H,5-6,8H2,1-2H3. The second-order valence-corrected chi connectivity index (χ2v) is 5.82. The maximum atomic E-state index is 6.27. The third-order valence-electron chi connectivity index (χ3n) is 3.62. The van der Waals surface area contributed by atoms with E-state index in [1.54, 1.807) is 0 Å². The quantitative estimate of drug-likeness (QED) is 0.657. The van der Waals surface area contributed by atoms with Gasteiger partial charge in [-0.1, -0.05) is 19.9 Å². The lowest BCUT2D eigenvalue weighted by atomic mass is 9.66. The summed E-state index contributed by atoms with van der Waals surface area (Å²) < 4.78 is 0. The van der Waals surface area contributed by atoms with Gasteiger partial charge in [0, 0.05) is 17.8 Å². The Labute approximate surface area is 96.9 Å². The molecule has 0 N–H and O–H groups in total. The van der Waals surface area contributed by atoms with Gasteiger partial charge in [0.1, 0.15) is 0 Å². The molecule has 1 aliphatic rings. The highest BCUT2D eigenvalue weighted by molar-refractivity contribution is 6.20. The molecule has 1 aromatic rings. The third kappa shape index (κ3) is 2.34. The first-order valence-corrected chi connectivity index (χ1v) is 6.07. The van der Waals surface area contributed by atoms with Crippen LogP contribution in [-0.4, -0.2) is 10.4 Å². The lowest BCUT2D eigenvalue weighted by Crippen LogP contribution is -2.30. The molecule has 2 rings (SSSR count). The van der Waals surface area contributed by atoms with E-state index in [0.29, 0.717) is 16.7 Å². The molecule has 0 amide bonds. The van der Waals surface area contributed by atoms with Crippen molar-refractivity contribution < 1.29 is 0 Å². The number of nitrogens with zero attached hydrogens (tertiary/aromatic N) is 1. The summed E-state index contributed by atoms with van der Waals surface area (Å²) in [6.07, 6.45) is 7.26. The predicted octanol–water partition coefficient (Wildman–Crippen LogP) is 3.98. The molecule has 1 aromatic heterocycles. The number of pyridine rings is 1. The van der Waals surface area contributed by atoms with E-state index >= 15 is 0 Å². The van der Waals surface area contributed by atoms with Gasteiger partial charge in [-0.3, -0.25) is 4.98 Å². The molecule has 0 aromatic carbocycles. The molecule has 1 heterocycles. The van der Waals surface area contributed by atoms with Crippen LogP contribution in [0.15, 0.2) is 24.5 Å². The number of rotatable bonds is 1. The summed E-state index contributed by atoms with van der Waals surface area (Å²) in [5.74, 6) is 0.558. The highest BCUT2D eigenvalue weighted by Gasteiger charge is 2.36. The lowest BCUT2D eigenvalue weighted by Gasteiger charge is -2.40. The number of alkyl halides is 1. The molecule has 2 unspecified atom stereocenters. The first-order valence-electron chi connectivity index (χ1n) is 5.63. The van der Waals surface area contributed by atoms with Crippen molar-refractivity contribution in [2.75, 3.05) is 0 Å². The highest BCUT2D eigenvalue weighted by Crippen LogP contribution is 2.47. The molecule has 2 atom stereocenters. The van der Waals surface area contributed by atoms with Crippen molar-refractivity contribution >= 4 is 11.6 Å². The molecule has 0 spiro atoms. The fourth-order valence-electron chi connectivity index (χ4n) is 2.56. The van der Waals surface area contributed by atoms with Crippen LogP contribution < -0.4 is 0 Å². The van der Waals surface area contributed by atoms with Crippen LogP contribution in [0.25, 0.3) is 0 Å². The minimum Gasteiger partial charge on any atom is -0.264 e. The molecule has 1 fully saturated rings. The van der Waals surface area contributed by atoms with Crippen LogP contribution in [0.5, 0.6) is 0 Å². The van der Waals surface area contributed by atoms with Crippen LogP contribution in [0, 0.1) is 5.41 Å². The van der Waals surface area contributed by atoms with Crippen molar-refractivity contribution in [3.63, 3.8) is 0 Å². The topological polar surface area (TPSA) is 12.9 Å². The van der Waals surface area contributed by atoms with Crippen LogP contribution in [-0.2, 0) is 0 Å². The van der Waals surface area contributed by atoms with Gasteiger partial charge in [0.05, 0.1) is 0 Å². The van der Waals surface area contributed by atoms with Gasteiger partial charge in [-0.05, 0) is 42.2 Å². The Kier molecular flexibility index (Phi) is 3.01. The first-order chi connectivity index (χ1) is 7.09. The van der Waals surface area contributed by atoms with E-state index in [4.69, 9.17) is 11.6 Å². The van der Waals surface area contributed by atoms with E-state index in [9.17, 15) is 0 Å². The first kappa shape index (κ1) is 10.9. The van der Waals surface area contributed by atoms with E-state index in [-0.39, 0.29) is 0 Å². The lowest BCUT2D eigenvalue weighted by molar-refractivity contribution is 0.202. The van der Waals surface area contributed by atoms with Crippen molar-refractivity contribution in [1.82, 2.24) is 4.98 Å². The number of aromatic nitrogens is 1. The molecule has 15 heavy (non-hydrogen) atoms. The molecular formula is C13H18ClN. The largest absolute Gasteiger partial charge is 0.264 e. The van der Waals surface area contributed by atoms with E-state index in [2.05, 4.69) is 24.9 Å². The van der Waals surface area contributed by atoms with Gasteiger partial charge < -0.3 is 0 Å². The zero-order chi connectivity index (χ0) is 10.9. The molecule has 0 saturated heterocycles. The molecule has 2 heteroatoms. The minimum absolute atomic E-state index is 0.336. The number of halogens is 1. The highest BCUT2D eigenvalue weighted by atomic mass is 35.5. The number of hydrogen-bond donors (Lipinski definition) is 0. The summed E-state index contributed by atoms with van der Waals surface area (Å²) in [5, 5.41) is 0.336. The number of hydrogen-bond acceptors (Lipinski definition) is 1. The molecule has 0 radical (unpaired) electrons. The molecule has 1 saturated carbocycles. The van der Waals surface area contributed by atoms with E-state index in [1.165, 1.54) is 12.0 Å². The van der Waals surface area contributed by atoms with E-state index in [1.807, 2.05) is 18.5 Å². The minimum atomic E-state index is 0.336. The van der Waals surface area contributed by atoms with Gasteiger partial charge >= 0.3 is 0 Å². The maximum Gasteiger partial charge on any atom is 0.0342 e. The Balaban J connectivity index is 2.26. The van der Waals surface area contributed by atoms with Gasteiger partial charge in [-0.2, -0.15) is 0 Å². The van der Waals surface area contributed by atoms with Crippen molar-refractivity contribution in [1.29, 1.82) is 0 Å². The molecule has 0 bridgehead atoms. The van der Waals surface area contributed by atoms with Crippen molar-refractivity contribution in [2.45, 2.75) is 44.4 Å². The average Bonchev–Trinajstić information content (AvgIpc) is 2.23. The zero-order valence-electron chi connectivity index (χ0n) is 9.41. The van der Waals surface area contributed by atoms with Crippen LogP contribution in [0.4, 0.5) is 0 Å². The Hall–Kier alpha value is -0.560. The predicted molar refractivity (Wildman–Crippen MR) is 64.3 cm³/mol. The molecular weight excluding hydrogens is 206 g/mol. The van der Waals surface area contributed by atoms with E-state index in [0.717, 1.165) is 12.8 Å². The van der Waals surface area contributed by atoms with Crippen LogP contribution in [0.2, 0.25) is 0 Å². The molecule has 82 valence electrons. The molecule has 1 aliphatic carbocycles. The second kappa shape index (κ2) is 4.13. The van der Waals surface area contributed by atoms with Crippen LogP contribution in [0.1, 0.15) is 44.6 Å². The van der Waals surface area contributed by atoms with Gasteiger partial charge in [-0.25, -0.2) is 0 Å². The van der Waals surface area contributed by atoms with Gasteiger partial charge in [0.15, 0.2) is 0 Å². The third-order valence-corrected chi connectivity index (χ3v) is 4.02. The van der Waals surface area contributed by atoms with Gasteiger partial charge in [0.25, 0.3) is 0 Å². The van der Waals surface area contributed by atoms with Gasteiger partial charge in [-0.15, -0.1) is 11.6 Å². The fraction of sp³-hybridized carbons (Fsp3) is 0.615. The Morgan fingerprint density at radius 2 is 2.27 bits per heavy atom. The summed E-state index contributed by atoms with van der Waals surface area (Å²) >= 11 is 6.27. The summed E-state index contributed by atoms with van der Waals surface area (Å²) in [6.45, 7) is 4.68. The smallest absolute Gasteiger partial charge is 0.0342 e. The van der Waals surface area contributed by atoms with Crippen molar-refractivity contribution in [3.05, 3.63) is 30.1 Å². The fourth-order valence-corrected chi connectivity index (χ4v) is 2.85. The van der Waals surface area contributed by atoms with E-state index < -0.39 is 0 Å². The normalized spacial score (nSPS) is 30.1. The summed E-state index contributed by atoms with van der Waals surface area (Å²) in [4.78, 5) is 4.21. The van der Waals surface area contributed by atoms with Crippen molar-refractivity contribution in [3.8, 4) is 0 Å². The summed E-state index contributed by atoms with van der Waals surface area (Å²) in [7, 11) is 0. The summed E-state index contributed by atoms with van der Waals surface area (Å²) in [5.41, 5.74) is 1.70.